The number of carbonyl (C=O) groups excluding carboxylic acids is 1. The summed E-state index contributed by atoms with van der Waals surface area (Å²) in [5.41, 5.74) is 0.630. The molecular weight excluding hydrogens is 288 g/mol. The Morgan fingerprint density at radius 2 is 2.09 bits per heavy atom. The molecule has 5 heteroatoms. The first kappa shape index (κ1) is 17.7. The third kappa shape index (κ3) is 4.67. The number of anilines is 1. The molecule has 2 heterocycles. The van der Waals surface area contributed by atoms with Crippen molar-refractivity contribution in [1.29, 1.82) is 0 Å². The molecule has 1 fully saturated rings. The Morgan fingerprint density at radius 3 is 2.61 bits per heavy atom. The smallest absolute Gasteiger partial charge is 0.252 e. The summed E-state index contributed by atoms with van der Waals surface area (Å²) in [4.78, 5) is 21.2. The fourth-order valence-electron chi connectivity index (χ4n) is 3.05. The summed E-state index contributed by atoms with van der Waals surface area (Å²) in [5.74, 6) is 0.902. The van der Waals surface area contributed by atoms with Crippen molar-refractivity contribution in [2.75, 3.05) is 31.6 Å². The topological polar surface area (TPSA) is 48.5 Å². The second-order valence-electron chi connectivity index (χ2n) is 6.63. The van der Waals surface area contributed by atoms with E-state index in [1.54, 1.807) is 6.20 Å². The minimum absolute atomic E-state index is 0.0428. The van der Waals surface area contributed by atoms with Gasteiger partial charge in [0, 0.05) is 45.0 Å². The van der Waals surface area contributed by atoms with Crippen LogP contribution in [0.15, 0.2) is 18.3 Å². The van der Waals surface area contributed by atoms with E-state index in [0.29, 0.717) is 24.2 Å². The van der Waals surface area contributed by atoms with Crippen molar-refractivity contribution in [2.24, 2.45) is 0 Å². The van der Waals surface area contributed by atoms with Crippen molar-refractivity contribution >= 4 is 11.7 Å². The van der Waals surface area contributed by atoms with Crippen molar-refractivity contribution in [1.82, 2.24) is 15.2 Å². The van der Waals surface area contributed by atoms with Crippen molar-refractivity contribution in [3.05, 3.63) is 23.9 Å². The monoisotopic (exact) mass is 318 g/mol. The van der Waals surface area contributed by atoms with Crippen LogP contribution in [-0.2, 0) is 0 Å². The lowest BCUT2D eigenvalue weighted by Gasteiger charge is -2.39. The number of hydrogen-bond donors (Lipinski definition) is 1. The molecule has 0 unspecified atom stereocenters. The van der Waals surface area contributed by atoms with Crippen LogP contribution in [0.1, 0.15) is 50.4 Å². The van der Waals surface area contributed by atoms with E-state index >= 15 is 0 Å². The van der Waals surface area contributed by atoms with E-state index in [-0.39, 0.29) is 5.91 Å². The maximum absolute atomic E-state index is 11.9. The molecule has 1 aromatic rings. The quantitative estimate of drug-likeness (QED) is 0.875. The Kier molecular flexibility index (Phi) is 6.39. The van der Waals surface area contributed by atoms with Crippen LogP contribution in [-0.4, -0.2) is 54.6 Å². The maximum Gasteiger partial charge on any atom is 0.252 e. The molecule has 1 saturated heterocycles. The van der Waals surface area contributed by atoms with Gasteiger partial charge in [0.2, 0.25) is 0 Å². The fourth-order valence-corrected chi connectivity index (χ4v) is 3.05. The van der Waals surface area contributed by atoms with Gasteiger partial charge in [0.1, 0.15) is 5.82 Å². The SMILES string of the molecule is CCCNC(=O)c1ccc(N(C)C2CCN(C(C)C)CC2)nc1. The van der Waals surface area contributed by atoms with Crippen LogP contribution in [0.4, 0.5) is 5.82 Å². The van der Waals surface area contributed by atoms with Crippen molar-refractivity contribution in [3.63, 3.8) is 0 Å². The van der Waals surface area contributed by atoms with Gasteiger partial charge in [-0.05, 0) is 45.2 Å². The second kappa shape index (κ2) is 8.29. The van der Waals surface area contributed by atoms with E-state index in [0.717, 1.165) is 38.2 Å². The number of hydrogen-bond acceptors (Lipinski definition) is 4. The Labute approximate surface area is 140 Å². The van der Waals surface area contributed by atoms with Gasteiger partial charge in [-0.15, -0.1) is 0 Å². The molecule has 1 aliphatic heterocycles. The average Bonchev–Trinajstić information content (AvgIpc) is 2.59. The molecule has 0 aromatic carbocycles. The normalized spacial score (nSPS) is 16.6. The number of nitrogens with one attached hydrogen (secondary N) is 1. The van der Waals surface area contributed by atoms with Gasteiger partial charge in [-0.2, -0.15) is 0 Å². The van der Waals surface area contributed by atoms with E-state index in [2.05, 4.69) is 41.0 Å². The molecule has 1 aliphatic rings. The van der Waals surface area contributed by atoms with Crippen LogP contribution < -0.4 is 10.2 Å². The van der Waals surface area contributed by atoms with E-state index in [1.807, 2.05) is 19.1 Å². The first-order valence-electron chi connectivity index (χ1n) is 8.74. The van der Waals surface area contributed by atoms with Crippen molar-refractivity contribution in [3.8, 4) is 0 Å². The molecule has 128 valence electrons. The lowest BCUT2D eigenvalue weighted by atomic mass is 10.0. The number of nitrogens with zero attached hydrogens (tertiary/aromatic N) is 3. The zero-order chi connectivity index (χ0) is 16.8. The van der Waals surface area contributed by atoms with Crippen LogP contribution in [0, 0.1) is 0 Å². The Bertz CT molecular complexity index is 492. The summed E-state index contributed by atoms with van der Waals surface area (Å²) in [6.45, 7) is 9.55. The molecule has 0 saturated carbocycles. The maximum atomic E-state index is 11.9. The average molecular weight is 318 g/mol. The first-order valence-corrected chi connectivity index (χ1v) is 8.74. The van der Waals surface area contributed by atoms with Crippen LogP contribution in [0.25, 0.3) is 0 Å². The second-order valence-corrected chi connectivity index (χ2v) is 6.63. The van der Waals surface area contributed by atoms with Gasteiger partial charge in [-0.3, -0.25) is 4.79 Å². The molecule has 0 spiro atoms. The number of pyridine rings is 1. The standard InChI is InChI=1S/C18H30N4O/c1-5-10-19-18(23)15-6-7-17(20-13-15)21(4)16-8-11-22(12-9-16)14(2)3/h6-7,13-14,16H,5,8-12H2,1-4H3,(H,19,23). The Balaban J connectivity index is 1.93. The summed E-state index contributed by atoms with van der Waals surface area (Å²) in [7, 11) is 2.11. The molecule has 23 heavy (non-hydrogen) atoms. The number of likely N-dealkylation sites (tertiary alicyclic amines) is 1. The van der Waals surface area contributed by atoms with E-state index in [9.17, 15) is 4.79 Å². The van der Waals surface area contributed by atoms with Gasteiger partial charge < -0.3 is 15.1 Å². The molecule has 0 aliphatic carbocycles. The fraction of sp³-hybridized carbons (Fsp3) is 0.667. The lowest BCUT2D eigenvalue weighted by Crippen LogP contribution is -2.46. The summed E-state index contributed by atoms with van der Waals surface area (Å²) < 4.78 is 0. The Hall–Kier alpha value is -1.62. The highest BCUT2D eigenvalue weighted by Gasteiger charge is 2.24. The van der Waals surface area contributed by atoms with Gasteiger partial charge in [-0.1, -0.05) is 6.92 Å². The van der Waals surface area contributed by atoms with Crippen LogP contribution in [0.2, 0.25) is 0 Å². The highest BCUT2D eigenvalue weighted by molar-refractivity contribution is 5.94. The van der Waals surface area contributed by atoms with E-state index < -0.39 is 0 Å². The van der Waals surface area contributed by atoms with E-state index in [4.69, 9.17) is 0 Å². The highest BCUT2D eigenvalue weighted by atomic mass is 16.1. The number of rotatable bonds is 6. The predicted octanol–water partition coefficient (Wildman–Crippen LogP) is 2.53. The van der Waals surface area contributed by atoms with Crippen LogP contribution in [0.3, 0.4) is 0 Å². The minimum Gasteiger partial charge on any atom is -0.357 e. The molecular formula is C18H30N4O. The number of piperidine rings is 1. The third-order valence-electron chi connectivity index (χ3n) is 4.68. The van der Waals surface area contributed by atoms with Crippen LogP contribution in [0.5, 0.6) is 0 Å². The molecule has 5 nitrogen and oxygen atoms in total. The largest absolute Gasteiger partial charge is 0.357 e. The number of amides is 1. The van der Waals surface area contributed by atoms with Gasteiger partial charge in [0.25, 0.3) is 5.91 Å². The van der Waals surface area contributed by atoms with Gasteiger partial charge >= 0.3 is 0 Å². The number of carbonyl (C=O) groups is 1. The van der Waals surface area contributed by atoms with Gasteiger partial charge in [0.15, 0.2) is 0 Å². The van der Waals surface area contributed by atoms with Crippen molar-refractivity contribution < 1.29 is 4.79 Å². The van der Waals surface area contributed by atoms with E-state index in [1.165, 1.54) is 0 Å². The summed E-state index contributed by atoms with van der Waals surface area (Å²) in [6.07, 6.45) is 4.94. The number of aromatic nitrogens is 1. The van der Waals surface area contributed by atoms with Crippen LogP contribution >= 0.6 is 0 Å². The first-order chi connectivity index (χ1) is 11.0. The summed E-state index contributed by atoms with van der Waals surface area (Å²) in [5, 5.41) is 2.88. The molecule has 1 N–H and O–H groups in total. The molecule has 2 rings (SSSR count). The molecule has 1 aromatic heterocycles. The molecule has 0 radical (unpaired) electrons. The molecule has 1 amide bonds. The third-order valence-corrected chi connectivity index (χ3v) is 4.68. The summed E-state index contributed by atoms with van der Waals surface area (Å²) >= 11 is 0. The minimum atomic E-state index is -0.0428. The Morgan fingerprint density at radius 1 is 1.39 bits per heavy atom. The zero-order valence-electron chi connectivity index (χ0n) is 14.9. The molecule has 0 bridgehead atoms. The van der Waals surface area contributed by atoms with Gasteiger partial charge in [-0.25, -0.2) is 4.98 Å². The lowest BCUT2D eigenvalue weighted by molar-refractivity contribution is 0.0953. The predicted molar refractivity (Wildman–Crippen MR) is 95.0 cm³/mol. The van der Waals surface area contributed by atoms with Gasteiger partial charge in [0.05, 0.1) is 5.56 Å². The zero-order valence-corrected chi connectivity index (χ0v) is 14.9. The summed E-state index contributed by atoms with van der Waals surface area (Å²) in [6, 6.07) is 4.97. The highest BCUT2D eigenvalue weighted by Crippen LogP contribution is 2.21. The molecule has 0 atom stereocenters. The van der Waals surface area contributed by atoms with Crippen molar-refractivity contribution in [2.45, 2.75) is 52.1 Å².